The number of rotatable bonds is 5. The lowest BCUT2D eigenvalue weighted by atomic mass is 9.93. The van der Waals surface area contributed by atoms with Crippen molar-refractivity contribution in [2.45, 2.75) is 26.8 Å². The van der Waals surface area contributed by atoms with Gasteiger partial charge in [-0.15, -0.1) is 0 Å². The predicted octanol–water partition coefficient (Wildman–Crippen LogP) is 5.68. The van der Waals surface area contributed by atoms with Crippen molar-refractivity contribution in [2.24, 2.45) is 0 Å². The molecular weight excluding hydrogens is 450 g/mol. The summed E-state index contributed by atoms with van der Waals surface area (Å²) >= 11 is 0. The molecule has 0 saturated heterocycles. The summed E-state index contributed by atoms with van der Waals surface area (Å²) < 4.78 is 1.71. The maximum Gasteiger partial charge on any atom is 0.261 e. The highest BCUT2D eigenvalue weighted by Crippen LogP contribution is 2.38. The summed E-state index contributed by atoms with van der Waals surface area (Å²) in [6.45, 7) is 5.85. The maximum atomic E-state index is 13.5. The van der Waals surface area contributed by atoms with E-state index in [1.165, 1.54) is 0 Å². The molecule has 36 heavy (non-hydrogen) atoms. The number of nitrogens with zero attached hydrogens (tertiary/aromatic N) is 2. The highest BCUT2D eigenvalue weighted by molar-refractivity contribution is 6.09. The van der Waals surface area contributed by atoms with Crippen LogP contribution < -0.4 is 16.0 Å². The van der Waals surface area contributed by atoms with Gasteiger partial charge in [0.2, 0.25) is 0 Å². The van der Waals surface area contributed by atoms with Gasteiger partial charge in [0, 0.05) is 17.1 Å². The summed E-state index contributed by atoms with van der Waals surface area (Å²) in [6.07, 6.45) is 1.54. The number of carbonyl (C=O) groups is 2. The van der Waals surface area contributed by atoms with Gasteiger partial charge >= 0.3 is 0 Å². The molecule has 0 saturated carbocycles. The quantitative estimate of drug-likeness (QED) is 0.345. The molecule has 1 aliphatic rings. The molecular formula is C29H27N5O2. The van der Waals surface area contributed by atoms with Crippen molar-refractivity contribution in [3.05, 3.63) is 119 Å². The molecule has 0 spiro atoms. The van der Waals surface area contributed by atoms with Crippen LogP contribution in [0.1, 0.15) is 40.0 Å². The van der Waals surface area contributed by atoms with Gasteiger partial charge in [0.05, 0.1) is 11.8 Å². The lowest BCUT2D eigenvalue weighted by Crippen LogP contribution is -2.32. The third kappa shape index (κ3) is 4.51. The number of hydrogen-bond acceptors (Lipinski definition) is 4. The molecule has 1 aromatic heterocycles. The van der Waals surface area contributed by atoms with Gasteiger partial charge in [-0.2, -0.15) is 5.10 Å². The summed E-state index contributed by atoms with van der Waals surface area (Å²) in [5, 5.41) is 13.8. The average molecular weight is 478 g/mol. The summed E-state index contributed by atoms with van der Waals surface area (Å²) in [7, 11) is 0. The number of aryl methyl sites for hydroxylation is 2. The number of anilines is 3. The van der Waals surface area contributed by atoms with Gasteiger partial charge in [-0.25, -0.2) is 4.68 Å². The van der Waals surface area contributed by atoms with Crippen LogP contribution in [0, 0.1) is 13.8 Å². The fourth-order valence-corrected chi connectivity index (χ4v) is 4.42. The number of fused-ring (bicyclic) bond motifs is 1. The fraction of sp³-hybridized carbons (Fsp3) is 0.138. The summed E-state index contributed by atoms with van der Waals surface area (Å²) in [5.41, 5.74) is 6.08. The number of amides is 2. The molecule has 3 aromatic carbocycles. The molecule has 0 bridgehead atoms. The average Bonchev–Trinajstić information content (AvgIpc) is 3.28. The highest BCUT2D eigenvalue weighted by Gasteiger charge is 2.35. The van der Waals surface area contributed by atoms with Crippen LogP contribution in [-0.4, -0.2) is 21.6 Å². The Kier molecular flexibility index (Phi) is 6.12. The topological polar surface area (TPSA) is 88.0 Å². The second-order valence-corrected chi connectivity index (χ2v) is 8.97. The normalized spacial score (nSPS) is 14.6. The Morgan fingerprint density at radius 3 is 2.22 bits per heavy atom. The molecule has 0 fully saturated rings. The minimum Gasteiger partial charge on any atom is -0.343 e. The van der Waals surface area contributed by atoms with Crippen LogP contribution in [0.15, 0.2) is 96.3 Å². The van der Waals surface area contributed by atoms with Crippen LogP contribution in [0.4, 0.5) is 17.2 Å². The Balaban J connectivity index is 1.54. The van der Waals surface area contributed by atoms with Crippen molar-refractivity contribution >= 4 is 29.0 Å². The van der Waals surface area contributed by atoms with Crippen LogP contribution in [0.2, 0.25) is 0 Å². The minimum atomic E-state index is -0.509. The molecule has 0 radical (unpaired) electrons. The van der Waals surface area contributed by atoms with E-state index in [9.17, 15) is 9.59 Å². The first-order chi connectivity index (χ1) is 17.4. The Labute approximate surface area is 209 Å². The Morgan fingerprint density at radius 1 is 0.806 bits per heavy atom. The zero-order valence-electron chi connectivity index (χ0n) is 20.4. The van der Waals surface area contributed by atoms with E-state index in [1.54, 1.807) is 10.9 Å². The van der Waals surface area contributed by atoms with Crippen LogP contribution in [0.25, 0.3) is 0 Å². The van der Waals surface area contributed by atoms with E-state index in [0.717, 1.165) is 16.7 Å². The smallest absolute Gasteiger partial charge is 0.261 e. The summed E-state index contributed by atoms with van der Waals surface area (Å²) in [5.74, 6) is 0.0324. The molecule has 0 aliphatic carbocycles. The number of benzene rings is 3. The lowest BCUT2D eigenvalue weighted by molar-refractivity contribution is -0.113. The van der Waals surface area contributed by atoms with Crippen LogP contribution >= 0.6 is 0 Å². The third-order valence-electron chi connectivity index (χ3n) is 6.21. The van der Waals surface area contributed by atoms with Crippen molar-refractivity contribution in [3.63, 3.8) is 0 Å². The zero-order chi connectivity index (χ0) is 25.2. The zero-order valence-corrected chi connectivity index (χ0v) is 20.4. The van der Waals surface area contributed by atoms with E-state index < -0.39 is 6.04 Å². The minimum absolute atomic E-state index is 0.232. The molecule has 4 aromatic rings. The molecule has 180 valence electrons. The number of nitrogens with one attached hydrogen (secondary N) is 3. The van der Waals surface area contributed by atoms with Crippen LogP contribution in [0.3, 0.4) is 0 Å². The van der Waals surface area contributed by atoms with Crippen LogP contribution in [-0.2, 0) is 4.79 Å². The predicted molar refractivity (Wildman–Crippen MR) is 142 cm³/mol. The molecule has 1 atom stereocenters. The standard InChI is InChI=1S/C29H27N5O2/c1-18-12-14-23(15-13-18)32-28(35)24-17-30-34-26(21-9-7-8-19(2)16-21)25(20(3)31-27(24)34)29(36)33-22-10-5-4-6-11-22/h4-17,26,31H,1-3H3,(H,32,35)(H,33,36). The molecule has 2 heterocycles. The van der Waals surface area contributed by atoms with Crippen molar-refractivity contribution in [3.8, 4) is 0 Å². The second kappa shape index (κ2) is 9.54. The molecule has 1 aliphatic heterocycles. The van der Waals surface area contributed by atoms with Gasteiger partial charge in [0.1, 0.15) is 17.4 Å². The third-order valence-corrected chi connectivity index (χ3v) is 6.21. The molecule has 3 N–H and O–H groups in total. The Bertz CT molecular complexity index is 1470. The van der Waals surface area contributed by atoms with E-state index in [-0.39, 0.29) is 11.8 Å². The van der Waals surface area contributed by atoms with Crippen LogP contribution in [0.5, 0.6) is 0 Å². The van der Waals surface area contributed by atoms with Gasteiger partial charge in [-0.05, 0) is 50.6 Å². The van der Waals surface area contributed by atoms with Gasteiger partial charge in [0.15, 0.2) is 0 Å². The Hall–Kier alpha value is -4.65. The molecule has 5 rings (SSSR count). The molecule has 2 amide bonds. The second-order valence-electron chi connectivity index (χ2n) is 8.97. The van der Waals surface area contributed by atoms with E-state index in [1.807, 2.05) is 99.6 Å². The van der Waals surface area contributed by atoms with Gasteiger partial charge < -0.3 is 16.0 Å². The van der Waals surface area contributed by atoms with Crippen molar-refractivity contribution < 1.29 is 9.59 Å². The summed E-state index contributed by atoms with van der Waals surface area (Å²) in [4.78, 5) is 26.7. The fourth-order valence-electron chi connectivity index (χ4n) is 4.42. The van der Waals surface area contributed by atoms with E-state index in [4.69, 9.17) is 0 Å². The maximum absolute atomic E-state index is 13.5. The largest absolute Gasteiger partial charge is 0.343 e. The van der Waals surface area contributed by atoms with E-state index in [0.29, 0.717) is 34.0 Å². The van der Waals surface area contributed by atoms with Crippen molar-refractivity contribution in [1.29, 1.82) is 0 Å². The van der Waals surface area contributed by atoms with Crippen molar-refractivity contribution in [1.82, 2.24) is 9.78 Å². The first kappa shape index (κ1) is 23.1. The Morgan fingerprint density at radius 2 is 1.50 bits per heavy atom. The van der Waals surface area contributed by atoms with E-state index in [2.05, 4.69) is 21.0 Å². The number of hydrogen-bond donors (Lipinski definition) is 3. The monoisotopic (exact) mass is 477 g/mol. The molecule has 1 unspecified atom stereocenters. The van der Waals surface area contributed by atoms with Gasteiger partial charge in [0.25, 0.3) is 11.8 Å². The lowest BCUT2D eigenvalue weighted by Gasteiger charge is -2.30. The van der Waals surface area contributed by atoms with Gasteiger partial charge in [-0.1, -0.05) is 65.7 Å². The first-order valence-electron chi connectivity index (χ1n) is 11.8. The van der Waals surface area contributed by atoms with Gasteiger partial charge in [-0.3, -0.25) is 9.59 Å². The van der Waals surface area contributed by atoms with E-state index >= 15 is 0 Å². The molecule has 7 nitrogen and oxygen atoms in total. The number of aromatic nitrogens is 2. The number of carbonyl (C=O) groups excluding carboxylic acids is 2. The summed E-state index contributed by atoms with van der Waals surface area (Å²) in [6, 6.07) is 24.4. The van der Waals surface area contributed by atoms with Crippen molar-refractivity contribution in [2.75, 3.05) is 16.0 Å². The molecule has 7 heteroatoms. The number of para-hydroxylation sites is 1. The first-order valence-corrected chi connectivity index (χ1v) is 11.8. The SMILES string of the molecule is CC1=C(C(=O)Nc2ccccc2)C(c2cccc(C)c2)n2ncc(C(=O)Nc3ccc(C)cc3)c2N1. The number of allylic oxidation sites excluding steroid dienone is 1. The highest BCUT2D eigenvalue weighted by atomic mass is 16.2.